The van der Waals surface area contributed by atoms with Crippen molar-refractivity contribution in [2.75, 3.05) is 20.2 Å². The Bertz CT molecular complexity index is 1340. The highest BCUT2D eigenvalue weighted by Crippen LogP contribution is 2.30. The van der Waals surface area contributed by atoms with E-state index in [1.165, 1.54) is 43.2 Å². The van der Waals surface area contributed by atoms with Crippen LogP contribution in [0.25, 0.3) is 0 Å². The van der Waals surface area contributed by atoms with E-state index in [1.54, 1.807) is 20.8 Å². The van der Waals surface area contributed by atoms with Gasteiger partial charge in [-0.3, -0.25) is 14.9 Å². The first kappa shape index (κ1) is 29.0. The first-order valence-corrected chi connectivity index (χ1v) is 13.2. The molecule has 1 fully saturated rings. The van der Waals surface area contributed by atoms with Gasteiger partial charge in [0.15, 0.2) is 4.90 Å². The van der Waals surface area contributed by atoms with Crippen molar-refractivity contribution in [3.8, 4) is 5.75 Å². The Kier molecular flexibility index (Phi) is 8.42. The molecule has 1 saturated heterocycles. The van der Waals surface area contributed by atoms with Gasteiger partial charge < -0.3 is 14.4 Å². The number of nitrogens with zero attached hydrogens (tertiary/aromatic N) is 3. The highest BCUT2D eigenvalue weighted by atomic mass is 32.2. The Morgan fingerprint density at radius 3 is 2.45 bits per heavy atom. The van der Waals surface area contributed by atoms with E-state index in [-0.39, 0.29) is 30.8 Å². The highest BCUT2D eigenvalue weighted by Gasteiger charge is 2.45. The molecule has 2 atom stereocenters. The number of esters is 1. The third-order valence-electron chi connectivity index (χ3n) is 6.01. The molecule has 1 amide bonds. The molecule has 206 valence electrons. The van der Waals surface area contributed by atoms with Gasteiger partial charge in [-0.25, -0.2) is 17.6 Å². The van der Waals surface area contributed by atoms with E-state index in [4.69, 9.17) is 9.47 Å². The summed E-state index contributed by atoms with van der Waals surface area (Å²) in [5, 5.41) is 11.4. The number of carbonyl (C=O) groups excluding carboxylic acids is 2. The molecule has 2 aromatic carbocycles. The van der Waals surface area contributed by atoms with Crippen LogP contribution in [0.2, 0.25) is 0 Å². The minimum absolute atomic E-state index is 0.136. The molecule has 0 N–H and O–H groups in total. The van der Waals surface area contributed by atoms with Gasteiger partial charge in [-0.05, 0) is 45.4 Å². The fourth-order valence-electron chi connectivity index (χ4n) is 4.18. The summed E-state index contributed by atoms with van der Waals surface area (Å²) >= 11 is 0. The van der Waals surface area contributed by atoms with Crippen molar-refractivity contribution in [1.29, 1.82) is 0 Å². The van der Waals surface area contributed by atoms with Crippen molar-refractivity contribution >= 4 is 27.6 Å². The second-order valence-corrected chi connectivity index (χ2v) is 11.6. The summed E-state index contributed by atoms with van der Waals surface area (Å²) in [5.74, 6) is -1.86. The predicted octanol–water partition coefficient (Wildman–Crippen LogP) is 2.92. The summed E-state index contributed by atoms with van der Waals surface area (Å²) in [6, 6.07) is 6.44. The number of amides is 1. The lowest BCUT2D eigenvalue weighted by Crippen LogP contribution is -2.62. The minimum atomic E-state index is -4.44. The SMILES string of the molecule is COc1ccc(C[C@@H](C(=O)OC(C)(C)C)N2CCN(S(=O)(=O)c3ccccc3[N+](=O)[O-])[C@@H](C)C2=O)c(F)c1. The second kappa shape index (κ2) is 11.0. The van der Waals surface area contributed by atoms with Gasteiger partial charge in [0.25, 0.3) is 15.7 Å². The molecule has 1 aliphatic heterocycles. The Morgan fingerprint density at radius 1 is 1.21 bits per heavy atom. The molecule has 38 heavy (non-hydrogen) atoms. The van der Waals surface area contributed by atoms with E-state index in [1.807, 2.05) is 0 Å². The number of nitro benzene ring substituents is 1. The Balaban J connectivity index is 1.95. The Morgan fingerprint density at radius 2 is 1.87 bits per heavy atom. The maximum absolute atomic E-state index is 14.8. The van der Waals surface area contributed by atoms with Crippen LogP contribution in [-0.4, -0.2) is 72.3 Å². The average Bonchev–Trinajstić information content (AvgIpc) is 2.83. The van der Waals surface area contributed by atoms with E-state index in [9.17, 15) is 32.5 Å². The van der Waals surface area contributed by atoms with Crippen LogP contribution in [0.5, 0.6) is 5.75 Å². The lowest BCUT2D eigenvalue weighted by molar-refractivity contribution is -0.387. The monoisotopic (exact) mass is 551 g/mol. The average molecular weight is 552 g/mol. The molecule has 0 aromatic heterocycles. The van der Waals surface area contributed by atoms with Crippen molar-refractivity contribution in [1.82, 2.24) is 9.21 Å². The van der Waals surface area contributed by atoms with Gasteiger partial charge in [-0.15, -0.1) is 0 Å². The van der Waals surface area contributed by atoms with Gasteiger partial charge in [0, 0.05) is 31.6 Å². The number of hydrogen-bond acceptors (Lipinski definition) is 8. The van der Waals surface area contributed by atoms with Gasteiger partial charge in [-0.1, -0.05) is 18.2 Å². The standard InChI is InChI=1S/C25H30FN3O8S/c1-16-23(30)27(12-13-28(16)38(34,35)22-9-7-6-8-20(22)29(32)33)21(24(31)37-25(2,3)4)14-17-10-11-18(36-5)15-19(17)26/h6-11,15-16,21H,12-14H2,1-5H3/t16-,21-/m0/s1. The molecule has 3 rings (SSSR count). The van der Waals surface area contributed by atoms with Crippen LogP contribution < -0.4 is 4.74 Å². The van der Waals surface area contributed by atoms with Crippen LogP contribution in [0.1, 0.15) is 33.3 Å². The fraction of sp³-hybridized carbons (Fsp3) is 0.440. The third-order valence-corrected chi connectivity index (χ3v) is 8.03. The molecular weight excluding hydrogens is 521 g/mol. The molecule has 13 heteroatoms. The first-order valence-electron chi connectivity index (χ1n) is 11.8. The minimum Gasteiger partial charge on any atom is -0.497 e. The molecular formula is C25H30FN3O8S. The van der Waals surface area contributed by atoms with Gasteiger partial charge in [0.05, 0.1) is 12.0 Å². The quantitative estimate of drug-likeness (QED) is 0.278. The van der Waals surface area contributed by atoms with Gasteiger partial charge in [0.1, 0.15) is 29.3 Å². The maximum atomic E-state index is 14.8. The van der Waals surface area contributed by atoms with Crippen molar-refractivity contribution in [2.45, 2.75) is 56.7 Å². The summed E-state index contributed by atoms with van der Waals surface area (Å²) in [6.45, 7) is 5.82. The number of rotatable bonds is 8. The summed E-state index contributed by atoms with van der Waals surface area (Å²) < 4.78 is 52.9. The van der Waals surface area contributed by atoms with Crippen LogP contribution in [0, 0.1) is 15.9 Å². The van der Waals surface area contributed by atoms with Crippen molar-refractivity contribution in [3.05, 3.63) is 64.0 Å². The second-order valence-electron chi connectivity index (χ2n) is 9.76. The summed E-state index contributed by atoms with van der Waals surface area (Å²) in [6.07, 6.45) is -0.222. The molecule has 0 saturated carbocycles. The molecule has 0 spiro atoms. The zero-order chi connectivity index (χ0) is 28.4. The van der Waals surface area contributed by atoms with E-state index < -0.39 is 60.9 Å². The van der Waals surface area contributed by atoms with Crippen molar-refractivity contribution < 1.29 is 36.8 Å². The number of para-hydroxylation sites is 1. The van der Waals surface area contributed by atoms with E-state index in [2.05, 4.69) is 0 Å². The van der Waals surface area contributed by atoms with E-state index >= 15 is 0 Å². The number of carbonyl (C=O) groups is 2. The number of methoxy groups -OCH3 is 1. The summed E-state index contributed by atoms with van der Waals surface area (Å²) in [5.41, 5.74) is -1.38. The predicted molar refractivity (Wildman–Crippen MR) is 134 cm³/mol. The molecule has 11 nitrogen and oxygen atoms in total. The lowest BCUT2D eigenvalue weighted by Gasteiger charge is -2.41. The smallest absolute Gasteiger partial charge is 0.329 e. The summed E-state index contributed by atoms with van der Waals surface area (Å²) in [4.78, 5) is 37.9. The highest BCUT2D eigenvalue weighted by molar-refractivity contribution is 7.89. The molecule has 1 heterocycles. The number of piperazine rings is 1. The van der Waals surface area contributed by atoms with E-state index in [0.717, 1.165) is 22.5 Å². The van der Waals surface area contributed by atoms with Crippen LogP contribution in [0.15, 0.2) is 47.4 Å². The number of nitro groups is 1. The Hall–Kier alpha value is -3.58. The topological polar surface area (TPSA) is 136 Å². The number of ether oxygens (including phenoxy) is 2. The van der Waals surface area contributed by atoms with Crippen LogP contribution in [0.4, 0.5) is 10.1 Å². The van der Waals surface area contributed by atoms with Gasteiger partial charge in [-0.2, -0.15) is 4.31 Å². The molecule has 0 aliphatic carbocycles. The fourth-order valence-corrected chi connectivity index (χ4v) is 5.92. The Labute approximate surface area is 220 Å². The maximum Gasteiger partial charge on any atom is 0.329 e. The van der Waals surface area contributed by atoms with E-state index in [0.29, 0.717) is 0 Å². The zero-order valence-corrected chi connectivity index (χ0v) is 22.5. The van der Waals surface area contributed by atoms with Crippen LogP contribution >= 0.6 is 0 Å². The largest absolute Gasteiger partial charge is 0.497 e. The first-order chi connectivity index (χ1) is 17.7. The normalized spacial score (nSPS) is 17.7. The number of sulfonamides is 1. The molecule has 0 radical (unpaired) electrons. The zero-order valence-electron chi connectivity index (χ0n) is 21.7. The van der Waals surface area contributed by atoms with Crippen molar-refractivity contribution in [3.63, 3.8) is 0 Å². The molecule has 1 aliphatic rings. The lowest BCUT2D eigenvalue weighted by atomic mass is 10.0. The number of halogens is 1. The van der Waals surface area contributed by atoms with Crippen molar-refractivity contribution in [2.24, 2.45) is 0 Å². The molecule has 2 aromatic rings. The number of benzene rings is 2. The summed E-state index contributed by atoms with van der Waals surface area (Å²) in [7, 11) is -3.05. The molecule has 0 unspecified atom stereocenters. The van der Waals surface area contributed by atoms with Crippen LogP contribution in [0.3, 0.4) is 0 Å². The number of hydrogen-bond donors (Lipinski definition) is 0. The van der Waals surface area contributed by atoms with Gasteiger partial charge >= 0.3 is 5.97 Å². The van der Waals surface area contributed by atoms with Gasteiger partial charge in [0.2, 0.25) is 5.91 Å². The molecule has 0 bridgehead atoms. The third kappa shape index (κ3) is 6.10. The van der Waals surface area contributed by atoms with Crippen LogP contribution in [-0.2, 0) is 30.8 Å².